The Morgan fingerprint density at radius 2 is 2.00 bits per heavy atom. The van der Waals surface area contributed by atoms with Gasteiger partial charge < -0.3 is 20.3 Å². The summed E-state index contributed by atoms with van der Waals surface area (Å²) in [6.45, 7) is 7.60. The van der Waals surface area contributed by atoms with Crippen molar-refractivity contribution >= 4 is 45.5 Å². The molecule has 6 nitrogen and oxygen atoms in total. The smallest absolute Gasteiger partial charge is 0.341 e. The minimum atomic E-state index is -0.477. The molecule has 1 heterocycles. The van der Waals surface area contributed by atoms with Gasteiger partial charge in [0.2, 0.25) is 0 Å². The van der Waals surface area contributed by atoms with Gasteiger partial charge in [0.15, 0.2) is 5.11 Å². The maximum atomic E-state index is 12.8. The highest BCUT2D eigenvalue weighted by atomic mass is 32.1. The van der Waals surface area contributed by atoms with Crippen molar-refractivity contribution < 1.29 is 14.3 Å². The number of methoxy groups -OCH3 is 1. The summed E-state index contributed by atoms with van der Waals surface area (Å²) in [5, 5.41) is 7.29. The fourth-order valence-electron chi connectivity index (χ4n) is 3.42. The molecule has 0 radical (unpaired) electrons. The highest BCUT2D eigenvalue weighted by Gasteiger charge is 2.27. The number of nitrogens with one attached hydrogen (secondary N) is 2. The number of thiocarbonyl (C=S) groups is 1. The van der Waals surface area contributed by atoms with Crippen molar-refractivity contribution in [2.45, 2.75) is 52.9 Å². The molecule has 1 aliphatic rings. The lowest BCUT2D eigenvalue weighted by Gasteiger charge is -2.18. The van der Waals surface area contributed by atoms with Crippen LogP contribution in [0.4, 0.5) is 5.00 Å². The van der Waals surface area contributed by atoms with Crippen LogP contribution in [0.2, 0.25) is 0 Å². The third-order valence-electron chi connectivity index (χ3n) is 5.12. The molecule has 2 rings (SSSR count). The molecule has 2 N–H and O–H groups in total. The molecular weight excluding hydrogens is 406 g/mol. The molecule has 0 atom stereocenters. The molecule has 160 valence electrons. The Kier molecular flexibility index (Phi) is 9.10. The molecule has 0 bridgehead atoms. The third-order valence-corrected chi connectivity index (χ3v) is 6.57. The van der Waals surface area contributed by atoms with E-state index in [2.05, 4.69) is 16.7 Å². The lowest BCUT2D eigenvalue weighted by molar-refractivity contribution is 0.0601. The molecule has 0 fully saturated rings. The van der Waals surface area contributed by atoms with Gasteiger partial charge in [-0.05, 0) is 70.7 Å². The maximum Gasteiger partial charge on any atom is 0.341 e. The first kappa shape index (κ1) is 23.3. The van der Waals surface area contributed by atoms with Crippen LogP contribution >= 0.6 is 23.6 Å². The second kappa shape index (κ2) is 11.3. The van der Waals surface area contributed by atoms with E-state index < -0.39 is 5.97 Å². The zero-order valence-electron chi connectivity index (χ0n) is 17.7. The van der Waals surface area contributed by atoms with Crippen LogP contribution in [0.3, 0.4) is 0 Å². The first-order valence-electron chi connectivity index (χ1n) is 10.2. The highest BCUT2D eigenvalue weighted by Crippen LogP contribution is 2.34. The number of carbonyl (C=O) groups excluding carboxylic acids is 2. The Labute approximate surface area is 182 Å². The normalized spacial score (nSPS) is 13.4. The summed E-state index contributed by atoms with van der Waals surface area (Å²) in [6.07, 6.45) is 8.15. The number of ether oxygens (including phenoxy) is 1. The number of carbonyl (C=O) groups is 2. The Bertz CT molecular complexity index is 782. The quantitative estimate of drug-likeness (QED) is 0.354. The van der Waals surface area contributed by atoms with Crippen molar-refractivity contribution in [3.05, 3.63) is 27.7 Å². The summed E-state index contributed by atoms with van der Waals surface area (Å²) in [6, 6.07) is 0. The predicted molar refractivity (Wildman–Crippen MR) is 123 cm³/mol. The molecular formula is C21H31N3O3S2. The van der Waals surface area contributed by atoms with Crippen LogP contribution in [0.5, 0.6) is 0 Å². The number of amides is 1. The Balaban J connectivity index is 2.12. The van der Waals surface area contributed by atoms with Crippen molar-refractivity contribution in [1.29, 1.82) is 0 Å². The summed E-state index contributed by atoms with van der Waals surface area (Å²) >= 11 is 6.66. The minimum Gasteiger partial charge on any atom is -0.465 e. The monoisotopic (exact) mass is 437 g/mol. The number of esters is 1. The zero-order valence-corrected chi connectivity index (χ0v) is 19.4. The van der Waals surface area contributed by atoms with Gasteiger partial charge in [-0.1, -0.05) is 11.6 Å². The molecule has 0 aliphatic heterocycles. The van der Waals surface area contributed by atoms with E-state index in [1.54, 1.807) is 11.8 Å². The van der Waals surface area contributed by atoms with E-state index in [4.69, 9.17) is 17.0 Å². The van der Waals surface area contributed by atoms with Gasteiger partial charge in [-0.25, -0.2) is 4.79 Å². The van der Waals surface area contributed by atoms with Gasteiger partial charge >= 0.3 is 5.97 Å². The molecule has 1 aromatic heterocycles. The first-order valence-corrected chi connectivity index (χ1v) is 11.4. The van der Waals surface area contributed by atoms with Crippen LogP contribution in [0.1, 0.15) is 71.5 Å². The minimum absolute atomic E-state index is 0.0844. The lowest BCUT2D eigenvalue weighted by Crippen LogP contribution is -2.30. The second-order valence-electron chi connectivity index (χ2n) is 6.97. The standard InChI is InChI=1S/C21H31N3O3S2/c1-5-24(6-2)19(25)17-14(3)16(20(26)27-4)18(29-17)23-21(28)22-13-12-15-10-8-7-9-11-15/h10H,5-9,11-13H2,1-4H3,(H2,22,23,28). The highest BCUT2D eigenvalue weighted by molar-refractivity contribution is 7.80. The summed E-state index contributed by atoms with van der Waals surface area (Å²) in [5.74, 6) is -0.561. The van der Waals surface area contributed by atoms with Crippen LogP contribution in [0.15, 0.2) is 11.6 Å². The Hall–Kier alpha value is -1.93. The van der Waals surface area contributed by atoms with Gasteiger partial charge in [0, 0.05) is 19.6 Å². The molecule has 29 heavy (non-hydrogen) atoms. The number of rotatable bonds is 8. The van der Waals surface area contributed by atoms with Crippen LogP contribution in [0.25, 0.3) is 0 Å². The zero-order chi connectivity index (χ0) is 21.4. The molecule has 1 aromatic rings. The molecule has 0 spiro atoms. The SMILES string of the molecule is CCN(CC)C(=O)c1sc(NC(=S)NCCC2=CCCCC2)c(C(=O)OC)c1C. The average Bonchev–Trinajstić information content (AvgIpc) is 3.04. The Morgan fingerprint density at radius 1 is 1.28 bits per heavy atom. The molecule has 0 saturated carbocycles. The van der Waals surface area contributed by atoms with E-state index in [1.807, 2.05) is 13.8 Å². The Morgan fingerprint density at radius 3 is 2.59 bits per heavy atom. The molecule has 0 aromatic carbocycles. The van der Waals surface area contributed by atoms with Crippen molar-refractivity contribution in [2.24, 2.45) is 0 Å². The van der Waals surface area contributed by atoms with Gasteiger partial charge in [-0.2, -0.15) is 0 Å². The number of allylic oxidation sites excluding steroid dienone is 1. The topological polar surface area (TPSA) is 70.7 Å². The summed E-state index contributed by atoms with van der Waals surface area (Å²) in [7, 11) is 1.34. The van der Waals surface area contributed by atoms with E-state index in [1.165, 1.54) is 43.3 Å². The summed E-state index contributed by atoms with van der Waals surface area (Å²) < 4.78 is 4.94. The lowest BCUT2D eigenvalue weighted by atomic mass is 9.97. The predicted octanol–water partition coefficient (Wildman–Crippen LogP) is 4.50. The first-order chi connectivity index (χ1) is 13.9. The van der Waals surface area contributed by atoms with Crippen LogP contribution in [-0.2, 0) is 4.74 Å². The van der Waals surface area contributed by atoms with Crippen LogP contribution < -0.4 is 10.6 Å². The van der Waals surface area contributed by atoms with Crippen molar-refractivity contribution in [3.63, 3.8) is 0 Å². The van der Waals surface area contributed by atoms with E-state index in [9.17, 15) is 9.59 Å². The number of thiophene rings is 1. The van der Waals surface area contributed by atoms with E-state index in [-0.39, 0.29) is 5.91 Å². The molecule has 1 amide bonds. The molecule has 1 aliphatic carbocycles. The van der Waals surface area contributed by atoms with Crippen molar-refractivity contribution in [2.75, 3.05) is 32.1 Å². The summed E-state index contributed by atoms with van der Waals surface area (Å²) in [5.41, 5.74) is 2.46. The molecule has 0 unspecified atom stereocenters. The average molecular weight is 438 g/mol. The largest absolute Gasteiger partial charge is 0.465 e. The number of anilines is 1. The van der Waals surface area contributed by atoms with Gasteiger partial charge in [0.1, 0.15) is 5.00 Å². The number of nitrogens with zero attached hydrogens (tertiary/aromatic N) is 1. The van der Waals surface area contributed by atoms with Gasteiger partial charge in [-0.15, -0.1) is 11.3 Å². The molecule has 0 saturated heterocycles. The number of hydrogen-bond donors (Lipinski definition) is 2. The van der Waals surface area contributed by atoms with Crippen molar-refractivity contribution in [1.82, 2.24) is 10.2 Å². The fourth-order valence-corrected chi connectivity index (χ4v) is 4.86. The van der Waals surface area contributed by atoms with Crippen LogP contribution in [-0.4, -0.2) is 48.6 Å². The molecule has 8 heteroatoms. The third kappa shape index (κ3) is 6.02. The summed E-state index contributed by atoms with van der Waals surface area (Å²) in [4.78, 5) is 27.5. The maximum absolute atomic E-state index is 12.8. The van der Waals surface area contributed by atoms with E-state index in [0.29, 0.717) is 39.2 Å². The van der Waals surface area contributed by atoms with E-state index in [0.717, 1.165) is 19.4 Å². The van der Waals surface area contributed by atoms with Gasteiger partial charge in [-0.3, -0.25) is 4.79 Å². The number of hydrogen-bond acceptors (Lipinski definition) is 5. The van der Waals surface area contributed by atoms with Gasteiger partial charge in [0.05, 0.1) is 17.6 Å². The van der Waals surface area contributed by atoms with E-state index >= 15 is 0 Å². The second-order valence-corrected chi connectivity index (χ2v) is 8.40. The van der Waals surface area contributed by atoms with Gasteiger partial charge in [0.25, 0.3) is 5.91 Å². The fraction of sp³-hybridized carbons (Fsp3) is 0.571. The van der Waals surface area contributed by atoms with Crippen molar-refractivity contribution in [3.8, 4) is 0 Å². The van der Waals surface area contributed by atoms with Crippen LogP contribution in [0, 0.1) is 6.92 Å².